The molecule has 4 nitrogen and oxygen atoms in total. The summed E-state index contributed by atoms with van der Waals surface area (Å²) in [6.45, 7) is 4.77. The molecule has 0 spiro atoms. The zero-order chi connectivity index (χ0) is 15.2. The average molecular weight is 426 g/mol. The van der Waals surface area contributed by atoms with Gasteiger partial charge in [-0.2, -0.15) is 0 Å². The molecule has 1 fully saturated rings. The molecule has 0 atom stereocenters. The molecule has 0 aromatic heterocycles. The van der Waals surface area contributed by atoms with Crippen molar-refractivity contribution < 1.29 is 0 Å². The van der Waals surface area contributed by atoms with Crippen molar-refractivity contribution in [3.63, 3.8) is 0 Å². The van der Waals surface area contributed by atoms with Gasteiger partial charge in [0.25, 0.3) is 0 Å². The van der Waals surface area contributed by atoms with Crippen molar-refractivity contribution in [3.05, 3.63) is 42.0 Å². The lowest BCUT2D eigenvalue weighted by Gasteiger charge is -2.21. The molecule has 5 heteroatoms. The topological polar surface area (TPSA) is 44.9 Å². The molecular weight excluding hydrogens is 399 g/mol. The SMILES string of the molecule is I.NC(=NCc1cccc(N2CC=CC2)c1)N1CCCCCC1. The van der Waals surface area contributed by atoms with E-state index in [-0.39, 0.29) is 24.0 Å². The first-order valence-corrected chi connectivity index (χ1v) is 8.37. The van der Waals surface area contributed by atoms with Crippen LogP contribution >= 0.6 is 24.0 Å². The zero-order valence-corrected chi connectivity index (χ0v) is 16.0. The Bertz CT molecular complexity index is 540. The molecule has 0 aliphatic carbocycles. The number of hydrogen-bond acceptors (Lipinski definition) is 2. The zero-order valence-electron chi connectivity index (χ0n) is 13.7. The fourth-order valence-electron chi connectivity index (χ4n) is 3.11. The van der Waals surface area contributed by atoms with E-state index in [1.807, 2.05) is 0 Å². The summed E-state index contributed by atoms with van der Waals surface area (Å²) in [5, 5.41) is 0. The molecule has 1 aromatic carbocycles. The lowest BCUT2D eigenvalue weighted by molar-refractivity contribution is 0.428. The summed E-state index contributed by atoms with van der Waals surface area (Å²) < 4.78 is 0. The highest BCUT2D eigenvalue weighted by Gasteiger charge is 2.11. The number of nitrogens with zero attached hydrogens (tertiary/aromatic N) is 3. The van der Waals surface area contributed by atoms with E-state index >= 15 is 0 Å². The van der Waals surface area contributed by atoms with Gasteiger partial charge in [-0.15, -0.1) is 24.0 Å². The van der Waals surface area contributed by atoms with Crippen LogP contribution in [0.3, 0.4) is 0 Å². The van der Waals surface area contributed by atoms with Crippen molar-refractivity contribution in [2.45, 2.75) is 32.2 Å². The maximum Gasteiger partial charge on any atom is 0.191 e. The summed E-state index contributed by atoms with van der Waals surface area (Å²) in [5.41, 5.74) is 8.68. The Morgan fingerprint density at radius 2 is 1.74 bits per heavy atom. The Balaban J connectivity index is 0.00000192. The summed E-state index contributed by atoms with van der Waals surface area (Å²) in [7, 11) is 0. The third-order valence-electron chi connectivity index (χ3n) is 4.45. The van der Waals surface area contributed by atoms with Crippen molar-refractivity contribution in [3.8, 4) is 0 Å². The maximum absolute atomic E-state index is 6.18. The Labute approximate surface area is 156 Å². The summed E-state index contributed by atoms with van der Waals surface area (Å²) in [6, 6.07) is 8.64. The molecule has 1 saturated heterocycles. The first kappa shape index (κ1) is 18.1. The van der Waals surface area contributed by atoms with Gasteiger partial charge < -0.3 is 15.5 Å². The summed E-state index contributed by atoms with van der Waals surface area (Å²) in [6.07, 6.45) is 9.51. The van der Waals surface area contributed by atoms with Crippen molar-refractivity contribution in [2.75, 3.05) is 31.1 Å². The molecule has 2 aliphatic rings. The number of anilines is 1. The van der Waals surface area contributed by atoms with Crippen LogP contribution in [0, 0.1) is 0 Å². The van der Waals surface area contributed by atoms with Gasteiger partial charge in [0.1, 0.15) is 0 Å². The second-order valence-electron chi connectivity index (χ2n) is 6.12. The summed E-state index contributed by atoms with van der Waals surface area (Å²) in [5.74, 6) is 0.704. The quantitative estimate of drug-likeness (QED) is 0.349. The Hall–Kier alpha value is -1.24. The van der Waals surface area contributed by atoms with Crippen LogP contribution in [0.15, 0.2) is 41.4 Å². The lowest BCUT2D eigenvalue weighted by Crippen LogP contribution is -2.38. The second-order valence-corrected chi connectivity index (χ2v) is 6.12. The summed E-state index contributed by atoms with van der Waals surface area (Å²) >= 11 is 0. The van der Waals surface area contributed by atoms with Crippen molar-refractivity contribution >= 4 is 35.6 Å². The van der Waals surface area contributed by atoms with Crippen LogP contribution in [0.1, 0.15) is 31.2 Å². The van der Waals surface area contributed by atoms with Gasteiger partial charge >= 0.3 is 0 Å². The molecule has 2 N–H and O–H groups in total. The molecule has 2 heterocycles. The second kappa shape index (κ2) is 9.15. The van der Waals surface area contributed by atoms with Crippen LogP contribution in [-0.4, -0.2) is 37.0 Å². The van der Waals surface area contributed by atoms with Crippen LogP contribution in [-0.2, 0) is 6.54 Å². The molecule has 0 bridgehead atoms. The van der Waals surface area contributed by atoms with Gasteiger partial charge in [0.15, 0.2) is 5.96 Å². The highest BCUT2D eigenvalue weighted by atomic mass is 127. The highest BCUT2D eigenvalue weighted by Crippen LogP contribution is 2.19. The molecular formula is C18H27IN4. The molecule has 0 saturated carbocycles. The molecule has 3 rings (SSSR count). The third-order valence-corrected chi connectivity index (χ3v) is 4.45. The molecule has 0 unspecified atom stereocenters. The number of rotatable bonds is 3. The average Bonchev–Trinajstić information content (AvgIpc) is 2.95. The normalized spacial score (nSPS) is 18.7. The predicted octanol–water partition coefficient (Wildman–Crippen LogP) is 3.37. The van der Waals surface area contributed by atoms with Crippen LogP contribution in [0.2, 0.25) is 0 Å². The summed E-state index contributed by atoms with van der Waals surface area (Å²) in [4.78, 5) is 9.20. The van der Waals surface area contributed by atoms with Crippen molar-refractivity contribution in [1.29, 1.82) is 0 Å². The maximum atomic E-state index is 6.18. The van der Waals surface area contributed by atoms with E-state index < -0.39 is 0 Å². The number of hydrogen-bond donors (Lipinski definition) is 1. The number of halogens is 1. The van der Waals surface area contributed by atoms with E-state index in [1.54, 1.807) is 0 Å². The predicted molar refractivity (Wildman–Crippen MR) is 109 cm³/mol. The smallest absolute Gasteiger partial charge is 0.191 e. The fourth-order valence-corrected chi connectivity index (χ4v) is 3.11. The number of guanidine groups is 1. The van der Waals surface area contributed by atoms with Gasteiger partial charge in [-0.3, -0.25) is 0 Å². The monoisotopic (exact) mass is 426 g/mol. The minimum Gasteiger partial charge on any atom is -0.370 e. The lowest BCUT2D eigenvalue weighted by atomic mass is 10.2. The molecule has 23 heavy (non-hydrogen) atoms. The van der Waals surface area contributed by atoms with Gasteiger partial charge in [0.05, 0.1) is 6.54 Å². The van der Waals surface area contributed by atoms with Crippen molar-refractivity contribution in [1.82, 2.24) is 4.90 Å². The number of likely N-dealkylation sites (tertiary alicyclic amines) is 1. The minimum absolute atomic E-state index is 0. The highest BCUT2D eigenvalue weighted by molar-refractivity contribution is 14.0. The van der Waals surface area contributed by atoms with Gasteiger partial charge in [0, 0.05) is 31.9 Å². The van der Waals surface area contributed by atoms with Gasteiger partial charge in [-0.25, -0.2) is 4.99 Å². The first-order valence-electron chi connectivity index (χ1n) is 8.37. The number of benzene rings is 1. The Morgan fingerprint density at radius 1 is 1.04 bits per heavy atom. The van der Waals surface area contributed by atoms with E-state index in [0.717, 1.165) is 26.2 Å². The third kappa shape index (κ3) is 5.12. The largest absolute Gasteiger partial charge is 0.370 e. The van der Waals surface area contributed by atoms with Gasteiger partial charge in [0.2, 0.25) is 0 Å². The van der Waals surface area contributed by atoms with E-state index in [4.69, 9.17) is 5.73 Å². The van der Waals surface area contributed by atoms with Crippen LogP contribution in [0.25, 0.3) is 0 Å². The fraction of sp³-hybridized carbons (Fsp3) is 0.500. The number of aliphatic imine (C=N–C) groups is 1. The van der Waals surface area contributed by atoms with E-state index in [9.17, 15) is 0 Å². The standard InChI is InChI=1S/C18H26N4.HI/c19-18(22-12-3-1-2-4-13-22)20-15-16-8-7-9-17(14-16)21-10-5-6-11-21;/h5-9,14H,1-4,10-13,15H2,(H2,19,20);1H. The van der Waals surface area contributed by atoms with Crippen LogP contribution in [0.4, 0.5) is 5.69 Å². The Kier molecular flexibility index (Phi) is 7.20. The van der Waals surface area contributed by atoms with Crippen molar-refractivity contribution in [2.24, 2.45) is 10.7 Å². The molecule has 126 valence electrons. The van der Waals surface area contributed by atoms with Crippen LogP contribution in [0.5, 0.6) is 0 Å². The molecule has 0 amide bonds. The van der Waals surface area contributed by atoms with Gasteiger partial charge in [-0.1, -0.05) is 37.1 Å². The number of nitrogens with two attached hydrogens (primary N) is 1. The van der Waals surface area contributed by atoms with E-state index in [2.05, 4.69) is 51.2 Å². The molecule has 2 aliphatic heterocycles. The Morgan fingerprint density at radius 3 is 2.43 bits per heavy atom. The van der Waals surface area contributed by atoms with Crippen LogP contribution < -0.4 is 10.6 Å². The molecule has 0 radical (unpaired) electrons. The van der Waals surface area contributed by atoms with Gasteiger partial charge in [-0.05, 0) is 30.5 Å². The minimum atomic E-state index is 0. The first-order chi connectivity index (χ1) is 10.8. The van der Waals surface area contributed by atoms with E-state index in [0.29, 0.717) is 12.5 Å². The molecule has 1 aromatic rings. The van der Waals surface area contributed by atoms with E-state index in [1.165, 1.54) is 36.9 Å².